The molecule has 1 heteroatoms. The Hall–Kier alpha value is -0.0400. The third-order valence-electron chi connectivity index (χ3n) is 4.42. The Morgan fingerprint density at radius 1 is 1.13 bits per heavy atom. The lowest BCUT2D eigenvalue weighted by atomic mass is 9.75. The highest BCUT2D eigenvalue weighted by molar-refractivity contribution is 4.83. The van der Waals surface area contributed by atoms with Gasteiger partial charge >= 0.3 is 0 Å². The average molecular weight is 209 g/mol. The van der Waals surface area contributed by atoms with Crippen molar-refractivity contribution in [2.45, 2.75) is 71.3 Å². The van der Waals surface area contributed by atoms with Crippen LogP contribution in [0.5, 0.6) is 0 Å². The van der Waals surface area contributed by atoms with Crippen molar-refractivity contribution in [3.8, 4) is 0 Å². The predicted octanol–water partition coefficient (Wildman–Crippen LogP) is 3.74. The molecule has 1 N–H and O–H groups in total. The van der Waals surface area contributed by atoms with Crippen molar-refractivity contribution in [2.24, 2.45) is 11.3 Å². The summed E-state index contributed by atoms with van der Waals surface area (Å²) in [6.07, 6.45) is 11.6. The van der Waals surface area contributed by atoms with Crippen LogP contribution in [0.4, 0.5) is 0 Å². The van der Waals surface area contributed by atoms with Crippen LogP contribution in [0.15, 0.2) is 0 Å². The van der Waals surface area contributed by atoms with Crippen LogP contribution >= 0.6 is 0 Å². The van der Waals surface area contributed by atoms with E-state index in [9.17, 15) is 0 Å². The van der Waals surface area contributed by atoms with E-state index in [1.165, 1.54) is 57.9 Å². The molecule has 0 spiro atoms. The highest BCUT2D eigenvalue weighted by Crippen LogP contribution is 2.35. The summed E-state index contributed by atoms with van der Waals surface area (Å²) in [4.78, 5) is 0. The van der Waals surface area contributed by atoms with E-state index in [0.717, 1.165) is 12.0 Å². The molecule has 2 aliphatic rings. The Bertz CT molecular complexity index is 194. The van der Waals surface area contributed by atoms with E-state index < -0.39 is 0 Å². The Kier molecular flexibility index (Phi) is 3.71. The first-order valence-corrected chi connectivity index (χ1v) is 6.89. The quantitative estimate of drug-likeness (QED) is 0.744. The molecular formula is C14H27N. The van der Waals surface area contributed by atoms with Gasteiger partial charge in [0.2, 0.25) is 0 Å². The first-order chi connectivity index (χ1) is 7.16. The van der Waals surface area contributed by atoms with Gasteiger partial charge in [-0.15, -0.1) is 0 Å². The minimum Gasteiger partial charge on any atom is -0.314 e. The zero-order valence-electron chi connectivity index (χ0n) is 10.5. The summed E-state index contributed by atoms with van der Waals surface area (Å²) in [7, 11) is 0. The maximum Gasteiger partial charge on any atom is 0.00721 e. The van der Waals surface area contributed by atoms with Crippen molar-refractivity contribution >= 4 is 0 Å². The fourth-order valence-corrected chi connectivity index (χ4v) is 3.15. The second kappa shape index (κ2) is 4.86. The fourth-order valence-electron chi connectivity index (χ4n) is 3.15. The van der Waals surface area contributed by atoms with Gasteiger partial charge in [-0.1, -0.05) is 39.5 Å². The molecule has 0 bridgehead atoms. The highest BCUT2D eigenvalue weighted by atomic mass is 14.9. The van der Waals surface area contributed by atoms with Crippen LogP contribution in [-0.4, -0.2) is 12.6 Å². The third-order valence-corrected chi connectivity index (χ3v) is 4.42. The van der Waals surface area contributed by atoms with E-state index in [1.54, 1.807) is 0 Å². The van der Waals surface area contributed by atoms with Crippen molar-refractivity contribution in [1.29, 1.82) is 0 Å². The van der Waals surface area contributed by atoms with Crippen LogP contribution in [-0.2, 0) is 0 Å². The maximum atomic E-state index is 3.78. The molecule has 2 fully saturated rings. The van der Waals surface area contributed by atoms with E-state index >= 15 is 0 Å². The summed E-state index contributed by atoms with van der Waals surface area (Å²) in [6.45, 7) is 6.12. The minimum atomic E-state index is 0.590. The standard InChI is InChI=1S/C14H27N/c1-14(2)9-4-7-13(11-14)15-10-8-12-5-3-6-12/h12-13,15H,3-11H2,1-2H3. The molecule has 0 aromatic heterocycles. The monoisotopic (exact) mass is 209 g/mol. The average Bonchev–Trinajstić information content (AvgIpc) is 2.08. The van der Waals surface area contributed by atoms with Crippen LogP contribution in [0.1, 0.15) is 65.2 Å². The van der Waals surface area contributed by atoms with Crippen LogP contribution in [0, 0.1) is 11.3 Å². The Morgan fingerprint density at radius 3 is 2.53 bits per heavy atom. The Morgan fingerprint density at radius 2 is 1.93 bits per heavy atom. The fraction of sp³-hybridized carbons (Fsp3) is 1.00. The van der Waals surface area contributed by atoms with Gasteiger partial charge in [-0.05, 0) is 43.6 Å². The molecule has 2 rings (SSSR count). The van der Waals surface area contributed by atoms with Crippen LogP contribution in [0.2, 0.25) is 0 Å². The molecule has 0 aliphatic heterocycles. The van der Waals surface area contributed by atoms with E-state index in [4.69, 9.17) is 0 Å². The van der Waals surface area contributed by atoms with Crippen LogP contribution < -0.4 is 5.32 Å². The summed E-state index contributed by atoms with van der Waals surface area (Å²) in [5.74, 6) is 1.06. The smallest absolute Gasteiger partial charge is 0.00721 e. The number of rotatable bonds is 4. The predicted molar refractivity (Wildman–Crippen MR) is 66.0 cm³/mol. The summed E-state index contributed by atoms with van der Waals surface area (Å²) in [5.41, 5.74) is 0.590. The summed E-state index contributed by atoms with van der Waals surface area (Å²) in [6, 6.07) is 0.814. The zero-order chi connectivity index (χ0) is 10.7. The zero-order valence-corrected chi connectivity index (χ0v) is 10.5. The SMILES string of the molecule is CC1(C)CCCC(NCCC2CCC2)C1. The lowest BCUT2D eigenvalue weighted by Crippen LogP contribution is -2.38. The van der Waals surface area contributed by atoms with Gasteiger partial charge in [0.25, 0.3) is 0 Å². The summed E-state index contributed by atoms with van der Waals surface area (Å²) < 4.78 is 0. The molecule has 2 aliphatic carbocycles. The lowest BCUT2D eigenvalue weighted by Gasteiger charge is -2.36. The summed E-state index contributed by atoms with van der Waals surface area (Å²) >= 11 is 0. The second-order valence-corrected chi connectivity index (χ2v) is 6.50. The molecule has 1 atom stereocenters. The Balaban J connectivity index is 1.61. The van der Waals surface area contributed by atoms with Gasteiger partial charge in [-0.2, -0.15) is 0 Å². The van der Waals surface area contributed by atoms with Crippen LogP contribution in [0.3, 0.4) is 0 Å². The molecule has 15 heavy (non-hydrogen) atoms. The molecule has 0 amide bonds. The van der Waals surface area contributed by atoms with Gasteiger partial charge in [-0.3, -0.25) is 0 Å². The van der Waals surface area contributed by atoms with E-state index in [-0.39, 0.29) is 0 Å². The summed E-state index contributed by atoms with van der Waals surface area (Å²) in [5, 5.41) is 3.78. The first kappa shape index (κ1) is 11.4. The third kappa shape index (κ3) is 3.48. The molecule has 1 unspecified atom stereocenters. The normalized spacial score (nSPS) is 31.2. The molecule has 0 saturated heterocycles. The molecule has 0 radical (unpaired) electrons. The first-order valence-electron chi connectivity index (χ1n) is 6.89. The van der Waals surface area contributed by atoms with Gasteiger partial charge in [0.05, 0.1) is 0 Å². The minimum absolute atomic E-state index is 0.590. The molecule has 0 heterocycles. The van der Waals surface area contributed by atoms with Crippen molar-refractivity contribution in [1.82, 2.24) is 5.32 Å². The highest BCUT2D eigenvalue weighted by Gasteiger charge is 2.27. The van der Waals surface area contributed by atoms with Gasteiger partial charge in [0.1, 0.15) is 0 Å². The Labute approximate surface area is 95.0 Å². The van der Waals surface area contributed by atoms with E-state index in [1.807, 2.05) is 0 Å². The number of hydrogen-bond acceptors (Lipinski definition) is 1. The molecule has 0 aromatic rings. The number of nitrogens with one attached hydrogen (secondary N) is 1. The van der Waals surface area contributed by atoms with Crippen molar-refractivity contribution in [2.75, 3.05) is 6.54 Å². The number of hydrogen-bond donors (Lipinski definition) is 1. The van der Waals surface area contributed by atoms with Crippen molar-refractivity contribution < 1.29 is 0 Å². The molecule has 1 nitrogen and oxygen atoms in total. The van der Waals surface area contributed by atoms with E-state index in [0.29, 0.717) is 5.41 Å². The second-order valence-electron chi connectivity index (χ2n) is 6.50. The van der Waals surface area contributed by atoms with Gasteiger partial charge < -0.3 is 5.32 Å². The van der Waals surface area contributed by atoms with Crippen LogP contribution in [0.25, 0.3) is 0 Å². The topological polar surface area (TPSA) is 12.0 Å². The van der Waals surface area contributed by atoms with Crippen molar-refractivity contribution in [3.63, 3.8) is 0 Å². The largest absolute Gasteiger partial charge is 0.314 e. The van der Waals surface area contributed by atoms with Gasteiger partial charge in [-0.25, -0.2) is 0 Å². The van der Waals surface area contributed by atoms with E-state index in [2.05, 4.69) is 19.2 Å². The molecule has 88 valence electrons. The van der Waals surface area contributed by atoms with Gasteiger partial charge in [0, 0.05) is 6.04 Å². The maximum absolute atomic E-state index is 3.78. The van der Waals surface area contributed by atoms with Gasteiger partial charge in [0.15, 0.2) is 0 Å². The molecule has 0 aromatic carbocycles. The van der Waals surface area contributed by atoms with Crippen molar-refractivity contribution in [3.05, 3.63) is 0 Å². The molecular weight excluding hydrogens is 182 g/mol. The molecule has 2 saturated carbocycles. The lowest BCUT2D eigenvalue weighted by molar-refractivity contribution is 0.193.